The molecule has 1 N–H and O–H groups in total. The van der Waals surface area contributed by atoms with E-state index in [9.17, 15) is 9.59 Å². The Morgan fingerprint density at radius 3 is 2.68 bits per heavy atom. The first-order valence-electron chi connectivity index (χ1n) is 7.02. The Labute approximate surface area is 128 Å². The number of carbonyl (C=O) groups is 1. The van der Waals surface area contributed by atoms with Gasteiger partial charge in [0.05, 0.1) is 13.2 Å². The van der Waals surface area contributed by atoms with E-state index in [2.05, 4.69) is 10.4 Å². The summed E-state index contributed by atoms with van der Waals surface area (Å²) in [5, 5.41) is 6.90. The van der Waals surface area contributed by atoms with Gasteiger partial charge < -0.3 is 10.1 Å². The van der Waals surface area contributed by atoms with Gasteiger partial charge in [-0.05, 0) is 18.6 Å². The number of hydrogen-bond acceptors (Lipinski definition) is 4. The summed E-state index contributed by atoms with van der Waals surface area (Å²) in [4.78, 5) is 24.0. The van der Waals surface area contributed by atoms with Crippen LogP contribution in [-0.4, -0.2) is 35.4 Å². The summed E-state index contributed by atoms with van der Waals surface area (Å²) in [6.45, 7) is 2.57. The number of nitrogens with one attached hydrogen (secondary N) is 1. The first kappa shape index (κ1) is 15.9. The molecule has 2 rings (SSSR count). The van der Waals surface area contributed by atoms with E-state index in [0.29, 0.717) is 13.2 Å². The topological polar surface area (TPSA) is 73.2 Å². The van der Waals surface area contributed by atoms with Crippen molar-refractivity contribution >= 4 is 5.91 Å². The molecule has 116 valence electrons. The molecule has 0 aliphatic rings. The number of methoxy groups -OCH3 is 1. The van der Waals surface area contributed by atoms with E-state index in [1.165, 1.54) is 16.8 Å². The fraction of sp³-hybridized carbons (Fsp3) is 0.312. The molecule has 0 aliphatic carbocycles. The highest BCUT2D eigenvalue weighted by molar-refractivity contribution is 5.92. The maximum absolute atomic E-state index is 12.1. The molecule has 0 saturated carbocycles. The number of carbonyl (C=O) groups excluding carboxylic acids is 1. The van der Waals surface area contributed by atoms with Crippen LogP contribution in [0, 0.1) is 0 Å². The highest BCUT2D eigenvalue weighted by Crippen LogP contribution is 2.00. The molecule has 0 aliphatic heterocycles. The molecule has 6 nitrogen and oxygen atoms in total. The van der Waals surface area contributed by atoms with E-state index in [1.54, 1.807) is 7.11 Å². The zero-order chi connectivity index (χ0) is 15.9. The Morgan fingerprint density at radius 1 is 1.27 bits per heavy atom. The number of amides is 1. The quantitative estimate of drug-likeness (QED) is 0.866. The van der Waals surface area contributed by atoms with Crippen molar-refractivity contribution in [3.05, 3.63) is 64.1 Å². The molecular formula is C16H19N3O3. The van der Waals surface area contributed by atoms with Gasteiger partial charge in [-0.15, -0.1) is 0 Å². The van der Waals surface area contributed by atoms with Crippen LogP contribution in [0.2, 0.25) is 0 Å². The van der Waals surface area contributed by atoms with Crippen LogP contribution < -0.4 is 10.9 Å². The molecule has 1 amide bonds. The van der Waals surface area contributed by atoms with Crippen LogP contribution in [0.15, 0.2) is 47.3 Å². The highest BCUT2D eigenvalue weighted by atomic mass is 16.5. The normalized spacial score (nSPS) is 11.9. The first-order chi connectivity index (χ1) is 10.6. The Morgan fingerprint density at radius 2 is 2.00 bits per heavy atom. The molecular weight excluding hydrogens is 282 g/mol. The van der Waals surface area contributed by atoms with Crippen molar-refractivity contribution in [2.24, 2.45) is 0 Å². The standard InChI is InChI=1S/C16H19N3O3/c1-12(11-22-2)17-16(21)14-8-9-15(20)19(18-14)10-13-6-4-3-5-7-13/h3-9,12H,10-11H2,1-2H3,(H,17,21)/t12-/m1/s1. The zero-order valence-corrected chi connectivity index (χ0v) is 12.7. The largest absolute Gasteiger partial charge is 0.383 e. The minimum Gasteiger partial charge on any atom is -0.383 e. The molecule has 1 atom stereocenters. The van der Waals surface area contributed by atoms with Crippen molar-refractivity contribution in [2.45, 2.75) is 19.5 Å². The van der Waals surface area contributed by atoms with Crippen LogP contribution in [0.4, 0.5) is 0 Å². The molecule has 0 radical (unpaired) electrons. The van der Waals surface area contributed by atoms with E-state index < -0.39 is 0 Å². The van der Waals surface area contributed by atoms with Gasteiger partial charge in [0.15, 0.2) is 0 Å². The molecule has 0 saturated heterocycles. The molecule has 1 aromatic carbocycles. The third-order valence-electron chi connectivity index (χ3n) is 3.07. The average Bonchev–Trinajstić information content (AvgIpc) is 2.50. The zero-order valence-electron chi connectivity index (χ0n) is 12.7. The third-order valence-corrected chi connectivity index (χ3v) is 3.07. The van der Waals surface area contributed by atoms with Gasteiger partial charge in [0, 0.05) is 19.2 Å². The lowest BCUT2D eigenvalue weighted by molar-refractivity contribution is 0.0898. The molecule has 1 aromatic heterocycles. The Balaban J connectivity index is 2.16. The van der Waals surface area contributed by atoms with E-state index >= 15 is 0 Å². The summed E-state index contributed by atoms with van der Waals surface area (Å²) in [5.74, 6) is -0.327. The van der Waals surface area contributed by atoms with E-state index in [4.69, 9.17) is 4.74 Å². The van der Waals surface area contributed by atoms with Crippen LogP contribution in [0.25, 0.3) is 0 Å². The minimum absolute atomic E-state index is 0.131. The van der Waals surface area contributed by atoms with Crippen LogP contribution in [-0.2, 0) is 11.3 Å². The Kier molecular flexibility index (Phi) is 5.43. The number of benzene rings is 1. The van der Waals surface area contributed by atoms with Crippen LogP contribution in [0.3, 0.4) is 0 Å². The summed E-state index contributed by atoms with van der Waals surface area (Å²) < 4.78 is 6.25. The second-order valence-electron chi connectivity index (χ2n) is 5.03. The van der Waals surface area contributed by atoms with Gasteiger partial charge in [-0.25, -0.2) is 4.68 Å². The predicted molar refractivity (Wildman–Crippen MR) is 82.8 cm³/mol. The van der Waals surface area contributed by atoms with Crippen molar-refractivity contribution < 1.29 is 9.53 Å². The second-order valence-corrected chi connectivity index (χ2v) is 5.03. The monoisotopic (exact) mass is 301 g/mol. The van der Waals surface area contributed by atoms with Crippen LogP contribution in [0.1, 0.15) is 23.0 Å². The lowest BCUT2D eigenvalue weighted by Crippen LogP contribution is -2.37. The SMILES string of the molecule is COC[C@@H](C)NC(=O)c1ccc(=O)n(Cc2ccccc2)n1. The molecule has 0 bridgehead atoms. The lowest BCUT2D eigenvalue weighted by Gasteiger charge is -2.13. The van der Waals surface area contributed by atoms with Gasteiger partial charge in [-0.2, -0.15) is 5.10 Å². The fourth-order valence-electron chi connectivity index (χ4n) is 2.03. The summed E-state index contributed by atoms with van der Waals surface area (Å²) in [5.41, 5.74) is 0.909. The number of nitrogens with zero attached hydrogens (tertiary/aromatic N) is 2. The Hall–Kier alpha value is -2.47. The number of aromatic nitrogens is 2. The van der Waals surface area contributed by atoms with E-state index in [1.807, 2.05) is 37.3 Å². The lowest BCUT2D eigenvalue weighted by atomic mass is 10.2. The maximum atomic E-state index is 12.1. The van der Waals surface area contributed by atoms with Gasteiger partial charge in [-0.3, -0.25) is 9.59 Å². The second kappa shape index (κ2) is 7.51. The molecule has 0 spiro atoms. The number of hydrogen-bond donors (Lipinski definition) is 1. The van der Waals surface area contributed by atoms with Crippen LogP contribution >= 0.6 is 0 Å². The molecule has 0 unspecified atom stereocenters. The highest BCUT2D eigenvalue weighted by Gasteiger charge is 2.12. The van der Waals surface area contributed by atoms with Gasteiger partial charge in [0.1, 0.15) is 5.69 Å². The molecule has 6 heteroatoms. The predicted octanol–water partition coefficient (Wildman–Crippen LogP) is 1.06. The minimum atomic E-state index is -0.327. The molecule has 1 heterocycles. The first-order valence-corrected chi connectivity index (χ1v) is 7.02. The Bertz CT molecular complexity index is 683. The van der Waals surface area contributed by atoms with Crippen molar-refractivity contribution in [1.82, 2.24) is 15.1 Å². The maximum Gasteiger partial charge on any atom is 0.272 e. The summed E-state index contributed by atoms with van der Waals surface area (Å²) in [6, 6.07) is 12.1. The van der Waals surface area contributed by atoms with Crippen LogP contribution in [0.5, 0.6) is 0 Å². The third kappa shape index (κ3) is 4.26. The number of ether oxygens (including phenoxy) is 1. The van der Waals surface area contributed by atoms with E-state index in [-0.39, 0.29) is 23.2 Å². The smallest absolute Gasteiger partial charge is 0.272 e. The summed E-state index contributed by atoms with van der Waals surface area (Å²) >= 11 is 0. The molecule has 22 heavy (non-hydrogen) atoms. The van der Waals surface area contributed by atoms with Gasteiger partial charge in [-0.1, -0.05) is 30.3 Å². The van der Waals surface area contributed by atoms with Crippen molar-refractivity contribution in [3.8, 4) is 0 Å². The van der Waals surface area contributed by atoms with Gasteiger partial charge in [0.2, 0.25) is 0 Å². The number of rotatable bonds is 6. The van der Waals surface area contributed by atoms with E-state index in [0.717, 1.165) is 5.56 Å². The van der Waals surface area contributed by atoms with Gasteiger partial charge >= 0.3 is 0 Å². The molecule has 2 aromatic rings. The molecule has 0 fully saturated rings. The van der Waals surface area contributed by atoms with Crippen molar-refractivity contribution in [3.63, 3.8) is 0 Å². The average molecular weight is 301 g/mol. The fourth-order valence-corrected chi connectivity index (χ4v) is 2.03. The summed E-state index contributed by atoms with van der Waals surface area (Å²) in [7, 11) is 1.57. The van der Waals surface area contributed by atoms with Crippen molar-refractivity contribution in [1.29, 1.82) is 0 Å². The summed E-state index contributed by atoms with van der Waals surface area (Å²) in [6.07, 6.45) is 0. The van der Waals surface area contributed by atoms with Crippen molar-refractivity contribution in [2.75, 3.05) is 13.7 Å². The van der Waals surface area contributed by atoms with Gasteiger partial charge in [0.25, 0.3) is 11.5 Å².